The van der Waals surface area contributed by atoms with E-state index in [-0.39, 0.29) is 11.7 Å². The number of aromatic nitrogens is 2. The van der Waals surface area contributed by atoms with Gasteiger partial charge in [0.15, 0.2) is 0 Å². The molecule has 2 amide bonds. The highest BCUT2D eigenvalue weighted by atomic mass is 16.6. The third-order valence-electron chi connectivity index (χ3n) is 5.35. The number of nitrogens with one attached hydrogen (secondary N) is 2. The number of hydrogen-bond donors (Lipinski definition) is 2. The van der Waals surface area contributed by atoms with Crippen LogP contribution in [-0.4, -0.2) is 33.7 Å². The van der Waals surface area contributed by atoms with Gasteiger partial charge in [0.25, 0.3) is 5.69 Å². The maximum Gasteiger partial charge on any atom is 0.319 e. The molecule has 0 atom stereocenters. The highest BCUT2D eigenvalue weighted by molar-refractivity contribution is 5.90. The second-order valence-corrected chi connectivity index (χ2v) is 7.93. The van der Waals surface area contributed by atoms with E-state index in [1.54, 1.807) is 24.3 Å². The number of para-hydroxylation sites is 3. The molecule has 0 spiro atoms. The van der Waals surface area contributed by atoms with E-state index in [1.807, 2.05) is 35.9 Å². The van der Waals surface area contributed by atoms with Crippen LogP contribution < -0.4 is 15.4 Å². The van der Waals surface area contributed by atoms with Crippen LogP contribution in [0.5, 0.6) is 5.75 Å². The Labute approximate surface area is 199 Å². The van der Waals surface area contributed by atoms with Crippen LogP contribution in [0.15, 0.2) is 54.7 Å². The summed E-state index contributed by atoms with van der Waals surface area (Å²) in [5.41, 5.74) is 1.73. The molecule has 2 aromatic carbocycles. The van der Waals surface area contributed by atoms with Crippen molar-refractivity contribution in [3.63, 3.8) is 0 Å². The van der Waals surface area contributed by atoms with Gasteiger partial charge in [0.1, 0.15) is 11.6 Å². The number of anilines is 1. The van der Waals surface area contributed by atoms with Gasteiger partial charge in [-0.15, -0.1) is 0 Å². The van der Waals surface area contributed by atoms with Gasteiger partial charge >= 0.3 is 6.03 Å². The van der Waals surface area contributed by atoms with Crippen LogP contribution in [-0.2, 0) is 6.54 Å². The molecule has 0 saturated heterocycles. The average Bonchev–Trinajstić information content (AvgIpc) is 3.20. The highest BCUT2D eigenvalue weighted by Crippen LogP contribution is 2.29. The maximum absolute atomic E-state index is 12.1. The standard InChI is InChI=1S/C25H31N5O4/c1-3-4-9-15-26-25(31)28-21-12-6-8-14-24(21)34-17-10-16-29-18-22(27-19(29)2)20-11-5-7-13-23(20)30(32)33/h5-8,11-14,18H,3-4,9-10,15-17H2,1-2H3,(H2,26,28,31). The van der Waals surface area contributed by atoms with E-state index in [0.29, 0.717) is 48.8 Å². The van der Waals surface area contributed by atoms with Crippen molar-refractivity contribution in [3.8, 4) is 17.0 Å². The zero-order valence-electron chi connectivity index (χ0n) is 19.6. The van der Waals surface area contributed by atoms with Crippen molar-refractivity contribution in [1.29, 1.82) is 0 Å². The first-order valence-electron chi connectivity index (χ1n) is 11.5. The molecule has 0 aliphatic heterocycles. The molecule has 0 aliphatic rings. The Bertz CT molecular complexity index is 1110. The van der Waals surface area contributed by atoms with Gasteiger partial charge in [0.05, 0.1) is 28.5 Å². The first-order chi connectivity index (χ1) is 16.5. The van der Waals surface area contributed by atoms with Gasteiger partial charge in [-0.1, -0.05) is 44.0 Å². The Morgan fingerprint density at radius 1 is 1.12 bits per heavy atom. The highest BCUT2D eigenvalue weighted by Gasteiger charge is 2.17. The number of aryl methyl sites for hydroxylation is 2. The number of hydrogen-bond acceptors (Lipinski definition) is 5. The van der Waals surface area contributed by atoms with E-state index in [4.69, 9.17) is 4.74 Å². The minimum atomic E-state index is -0.394. The molecule has 0 radical (unpaired) electrons. The SMILES string of the molecule is CCCCCNC(=O)Nc1ccccc1OCCCn1cc(-c2ccccc2[N+](=O)[O-])nc1C. The molecule has 2 N–H and O–H groups in total. The fraction of sp³-hybridized carbons (Fsp3) is 0.360. The number of imidazole rings is 1. The first kappa shape index (κ1) is 24.8. The number of amides is 2. The monoisotopic (exact) mass is 465 g/mol. The predicted molar refractivity (Wildman–Crippen MR) is 132 cm³/mol. The lowest BCUT2D eigenvalue weighted by Gasteiger charge is -2.13. The van der Waals surface area contributed by atoms with E-state index in [9.17, 15) is 14.9 Å². The van der Waals surface area contributed by atoms with E-state index in [1.165, 1.54) is 6.07 Å². The lowest BCUT2D eigenvalue weighted by molar-refractivity contribution is -0.384. The van der Waals surface area contributed by atoms with Crippen LogP contribution >= 0.6 is 0 Å². The molecule has 1 aromatic heterocycles. The van der Waals surface area contributed by atoms with Gasteiger partial charge in [-0.2, -0.15) is 0 Å². The molecular weight excluding hydrogens is 434 g/mol. The fourth-order valence-corrected chi connectivity index (χ4v) is 3.57. The van der Waals surface area contributed by atoms with E-state index >= 15 is 0 Å². The Kier molecular flexibility index (Phi) is 9.02. The Morgan fingerprint density at radius 2 is 1.88 bits per heavy atom. The third-order valence-corrected chi connectivity index (χ3v) is 5.35. The minimum Gasteiger partial charge on any atom is -0.491 e. The number of unbranched alkanes of at least 4 members (excludes halogenated alkanes) is 2. The summed E-state index contributed by atoms with van der Waals surface area (Å²) in [5, 5.41) is 17.0. The van der Waals surface area contributed by atoms with Gasteiger partial charge in [-0.3, -0.25) is 10.1 Å². The zero-order chi connectivity index (χ0) is 24.3. The molecule has 3 aromatic rings. The van der Waals surface area contributed by atoms with Crippen LogP contribution in [0.3, 0.4) is 0 Å². The number of ether oxygens (including phenoxy) is 1. The van der Waals surface area contributed by atoms with Crippen molar-refractivity contribution in [2.75, 3.05) is 18.5 Å². The van der Waals surface area contributed by atoms with Crippen LogP contribution in [0.1, 0.15) is 38.4 Å². The van der Waals surface area contributed by atoms with Crippen LogP contribution in [0, 0.1) is 17.0 Å². The van der Waals surface area contributed by atoms with Crippen LogP contribution in [0.2, 0.25) is 0 Å². The van der Waals surface area contributed by atoms with Gasteiger partial charge in [0, 0.05) is 25.4 Å². The quantitative estimate of drug-likeness (QED) is 0.207. The molecule has 0 bridgehead atoms. The molecule has 0 unspecified atom stereocenters. The van der Waals surface area contributed by atoms with Gasteiger partial charge < -0.3 is 19.9 Å². The van der Waals surface area contributed by atoms with Crippen molar-refractivity contribution in [2.45, 2.75) is 46.1 Å². The second-order valence-electron chi connectivity index (χ2n) is 7.93. The molecule has 9 heteroatoms. The van der Waals surface area contributed by atoms with Crippen molar-refractivity contribution < 1.29 is 14.5 Å². The number of carbonyl (C=O) groups excluding carboxylic acids is 1. The fourth-order valence-electron chi connectivity index (χ4n) is 3.57. The van der Waals surface area contributed by atoms with Crippen molar-refractivity contribution >= 4 is 17.4 Å². The summed E-state index contributed by atoms with van der Waals surface area (Å²) < 4.78 is 7.88. The van der Waals surface area contributed by atoms with E-state index < -0.39 is 4.92 Å². The van der Waals surface area contributed by atoms with Crippen LogP contribution in [0.4, 0.5) is 16.2 Å². The van der Waals surface area contributed by atoms with Gasteiger partial charge in [-0.25, -0.2) is 9.78 Å². The number of carbonyl (C=O) groups is 1. The molecule has 9 nitrogen and oxygen atoms in total. The smallest absolute Gasteiger partial charge is 0.319 e. The number of urea groups is 1. The van der Waals surface area contributed by atoms with E-state index in [2.05, 4.69) is 22.5 Å². The largest absolute Gasteiger partial charge is 0.491 e. The summed E-state index contributed by atoms with van der Waals surface area (Å²) in [7, 11) is 0. The Balaban J connectivity index is 1.54. The van der Waals surface area contributed by atoms with Crippen LogP contribution in [0.25, 0.3) is 11.3 Å². The van der Waals surface area contributed by atoms with Gasteiger partial charge in [-0.05, 0) is 38.0 Å². The van der Waals surface area contributed by atoms with Crippen molar-refractivity contribution in [3.05, 3.63) is 70.7 Å². The number of nitrogens with zero attached hydrogens (tertiary/aromatic N) is 3. The number of benzene rings is 2. The molecular formula is C25H31N5O4. The summed E-state index contributed by atoms with van der Waals surface area (Å²) in [4.78, 5) is 27.6. The van der Waals surface area contributed by atoms with Crippen molar-refractivity contribution in [2.24, 2.45) is 0 Å². The Morgan fingerprint density at radius 3 is 2.68 bits per heavy atom. The molecule has 0 fully saturated rings. The average molecular weight is 466 g/mol. The summed E-state index contributed by atoms with van der Waals surface area (Å²) in [6.07, 6.45) is 5.67. The second kappa shape index (κ2) is 12.4. The predicted octanol–water partition coefficient (Wildman–Crippen LogP) is 5.55. The topological polar surface area (TPSA) is 111 Å². The summed E-state index contributed by atoms with van der Waals surface area (Å²) in [6.45, 7) is 5.72. The molecule has 3 rings (SSSR count). The minimum absolute atomic E-state index is 0.0361. The van der Waals surface area contributed by atoms with Crippen molar-refractivity contribution in [1.82, 2.24) is 14.9 Å². The summed E-state index contributed by atoms with van der Waals surface area (Å²) >= 11 is 0. The Hall–Kier alpha value is -3.88. The number of nitro groups is 1. The normalized spacial score (nSPS) is 10.6. The molecule has 0 saturated carbocycles. The molecule has 180 valence electrons. The lowest BCUT2D eigenvalue weighted by atomic mass is 10.1. The summed E-state index contributed by atoms with van der Waals surface area (Å²) in [6, 6.07) is 13.7. The summed E-state index contributed by atoms with van der Waals surface area (Å²) in [5.74, 6) is 1.38. The lowest BCUT2D eigenvalue weighted by Crippen LogP contribution is -2.29. The van der Waals surface area contributed by atoms with E-state index in [0.717, 1.165) is 25.1 Å². The zero-order valence-corrected chi connectivity index (χ0v) is 19.6. The molecule has 1 heterocycles. The maximum atomic E-state index is 12.1. The number of rotatable bonds is 12. The molecule has 0 aliphatic carbocycles. The molecule has 34 heavy (non-hydrogen) atoms. The number of nitro benzene ring substituents is 1. The third kappa shape index (κ3) is 6.81. The van der Waals surface area contributed by atoms with Gasteiger partial charge in [0.2, 0.25) is 0 Å². The first-order valence-corrected chi connectivity index (χ1v) is 11.5.